The summed E-state index contributed by atoms with van der Waals surface area (Å²) in [6.07, 6.45) is 6.55. The van der Waals surface area contributed by atoms with Crippen molar-refractivity contribution in [3.8, 4) is 0 Å². The van der Waals surface area contributed by atoms with Crippen LogP contribution in [0.4, 0.5) is 11.4 Å². The highest BCUT2D eigenvalue weighted by Gasteiger charge is 1.97. The number of aromatic nitrogens is 1. The second-order valence-electron chi connectivity index (χ2n) is 3.73. The third kappa shape index (κ3) is 3.45. The zero-order valence-electron chi connectivity index (χ0n) is 9.71. The summed E-state index contributed by atoms with van der Waals surface area (Å²) >= 11 is 0. The molecule has 0 unspecified atom stereocenters. The van der Waals surface area contributed by atoms with E-state index in [4.69, 9.17) is 5.73 Å². The summed E-state index contributed by atoms with van der Waals surface area (Å²) in [5, 5.41) is 2.74. The molecule has 0 saturated carbocycles. The van der Waals surface area contributed by atoms with Crippen molar-refractivity contribution in [1.29, 1.82) is 0 Å². The summed E-state index contributed by atoms with van der Waals surface area (Å²) in [5.74, 6) is -0.191. The molecule has 0 atom stereocenters. The van der Waals surface area contributed by atoms with Gasteiger partial charge < -0.3 is 11.1 Å². The normalized spacial score (nSPS) is 10.4. The zero-order chi connectivity index (χ0) is 12.8. The van der Waals surface area contributed by atoms with Crippen LogP contribution in [0.15, 0.2) is 54.9 Å². The topological polar surface area (TPSA) is 68.0 Å². The van der Waals surface area contributed by atoms with Crippen LogP contribution >= 0.6 is 0 Å². The van der Waals surface area contributed by atoms with Crippen LogP contribution in [-0.4, -0.2) is 10.9 Å². The first-order valence-electron chi connectivity index (χ1n) is 5.49. The van der Waals surface area contributed by atoms with E-state index in [1.165, 1.54) is 6.08 Å². The Labute approximate surface area is 105 Å². The highest BCUT2D eigenvalue weighted by atomic mass is 16.1. The van der Waals surface area contributed by atoms with Gasteiger partial charge in [0.1, 0.15) is 0 Å². The Bertz CT molecular complexity index is 547. The lowest BCUT2D eigenvalue weighted by Gasteiger charge is -2.01. The van der Waals surface area contributed by atoms with Gasteiger partial charge in [-0.15, -0.1) is 0 Å². The molecule has 0 aliphatic carbocycles. The molecule has 0 fully saturated rings. The smallest absolute Gasteiger partial charge is 0.248 e. The van der Waals surface area contributed by atoms with Gasteiger partial charge in [-0.05, 0) is 42.0 Å². The second-order valence-corrected chi connectivity index (χ2v) is 3.73. The molecule has 0 spiro atoms. The lowest BCUT2D eigenvalue weighted by atomic mass is 10.2. The van der Waals surface area contributed by atoms with Gasteiger partial charge in [0, 0.05) is 29.8 Å². The van der Waals surface area contributed by atoms with E-state index in [-0.39, 0.29) is 5.91 Å². The molecule has 1 heterocycles. The van der Waals surface area contributed by atoms with Crippen molar-refractivity contribution >= 4 is 23.4 Å². The van der Waals surface area contributed by atoms with Crippen molar-refractivity contribution in [2.24, 2.45) is 0 Å². The number of hydrogen-bond acceptors (Lipinski definition) is 3. The van der Waals surface area contributed by atoms with Gasteiger partial charge >= 0.3 is 0 Å². The monoisotopic (exact) mass is 239 g/mol. The molecule has 18 heavy (non-hydrogen) atoms. The van der Waals surface area contributed by atoms with Gasteiger partial charge in [-0.25, -0.2) is 0 Å². The molecule has 0 saturated heterocycles. The summed E-state index contributed by atoms with van der Waals surface area (Å²) in [6.45, 7) is 0. The number of nitrogen functional groups attached to an aromatic ring is 1. The number of nitrogens with two attached hydrogens (primary N) is 1. The number of amides is 1. The number of carbonyl (C=O) groups is 1. The van der Waals surface area contributed by atoms with Crippen molar-refractivity contribution < 1.29 is 4.79 Å². The van der Waals surface area contributed by atoms with E-state index in [0.717, 1.165) is 5.56 Å². The van der Waals surface area contributed by atoms with Crippen LogP contribution < -0.4 is 11.1 Å². The van der Waals surface area contributed by atoms with Crippen LogP contribution in [0.5, 0.6) is 0 Å². The first-order valence-corrected chi connectivity index (χ1v) is 5.49. The average Bonchev–Trinajstić information content (AvgIpc) is 2.40. The Kier molecular flexibility index (Phi) is 3.71. The van der Waals surface area contributed by atoms with E-state index in [1.807, 2.05) is 12.1 Å². The minimum atomic E-state index is -0.191. The molecular weight excluding hydrogens is 226 g/mol. The summed E-state index contributed by atoms with van der Waals surface area (Å²) in [6, 6.07) is 10.7. The van der Waals surface area contributed by atoms with E-state index in [0.29, 0.717) is 11.4 Å². The van der Waals surface area contributed by atoms with E-state index in [2.05, 4.69) is 10.3 Å². The van der Waals surface area contributed by atoms with Crippen LogP contribution in [0, 0.1) is 0 Å². The summed E-state index contributed by atoms with van der Waals surface area (Å²) in [5.41, 5.74) is 7.82. The van der Waals surface area contributed by atoms with Crippen molar-refractivity contribution in [3.05, 3.63) is 60.4 Å². The molecule has 90 valence electrons. The van der Waals surface area contributed by atoms with E-state index in [1.54, 1.807) is 42.7 Å². The van der Waals surface area contributed by atoms with Gasteiger partial charge in [-0.2, -0.15) is 0 Å². The van der Waals surface area contributed by atoms with Gasteiger partial charge in [-0.1, -0.05) is 6.07 Å². The van der Waals surface area contributed by atoms with Crippen molar-refractivity contribution in [2.45, 2.75) is 0 Å². The van der Waals surface area contributed by atoms with E-state index < -0.39 is 0 Å². The number of nitrogens with one attached hydrogen (secondary N) is 1. The predicted octanol–water partition coefficient (Wildman–Crippen LogP) is 2.32. The van der Waals surface area contributed by atoms with Crippen LogP contribution in [0.1, 0.15) is 5.56 Å². The van der Waals surface area contributed by atoms with Gasteiger partial charge in [0.05, 0.1) is 0 Å². The van der Waals surface area contributed by atoms with E-state index in [9.17, 15) is 4.79 Å². The van der Waals surface area contributed by atoms with E-state index >= 15 is 0 Å². The quantitative estimate of drug-likeness (QED) is 0.638. The van der Waals surface area contributed by atoms with Gasteiger partial charge in [0.15, 0.2) is 0 Å². The summed E-state index contributed by atoms with van der Waals surface area (Å²) in [7, 11) is 0. The fourth-order valence-electron chi connectivity index (χ4n) is 1.40. The number of anilines is 2. The molecule has 3 N–H and O–H groups in total. The highest BCUT2D eigenvalue weighted by Crippen LogP contribution is 2.10. The van der Waals surface area contributed by atoms with Crippen LogP contribution in [0.3, 0.4) is 0 Å². The molecule has 4 nitrogen and oxygen atoms in total. The molecule has 0 bridgehead atoms. The molecule has 4 heteroatoms. The lowest BCUT2D eigenvalue weighted by molar-refractivity contribution is -0.111. The number of pyridine rings is 1. The van der Waals surface area contributed by atoms with Gasteiger partial charge in [0.25, 0.3) is 0 Å². The molecular formula is C14H13N3O. The molecule has 0 aliphatic rings. The molecule has 2 aromatic rings. The Morgan fingerprint density at radius 1 is 1.22 bits per heavy atom. The Morgan fingerprint density at radius 3 is 2.67 bits per heavy atom. The van der Waals surface area contributed by atoms with Crippen molar-refractivity contribution in [2.75, 3.05) is 11.1 Å². The number of carbonyl (C=O) groups excluding carboxylic acids is 1. The van der Waals surface area contributed by atoms with Crippen LogP contribution in [0.25, 0.3) is 6.08 Å². The fraction of sp³-hybridized carbons (Fsp3) is 0. The number of nitrogens with zero attached hydrogens (tertiary/aromatic N) is 1. The fourth-order valence-corrected chi connectivity index (χ4v) is 1.40. The molecule has 0 aliphatic heterocycles. The molecule has 1 aromatic carbocycles. The maximum atomic E-state index is 11.6. The Morgan fingerprint density at radius 2 is 2.00 bits per heavy atom. The molecule has 1 aromatic heterocycles. The third-order valence-electron chi connectivity index (χ3n) is 2.29. The van der Waals surface area contributed by atoms with Gasteiger partial charge in [-0.3, -0.25) is 9.78 Å². The lowest BCUT2D eigenvalue weighted by Crippen LogP contribution is -2.07. The van der Waals surface area contributed by atoms with Gasteiger partial charge in [0.2, 0.25) is 5.91 Å². The number of benzene rings is 1. The maximum Gasteiger partial charge on any atom is 0.248 e. The average molecular weight is 239 g/mol. The number of hydrogen-bond donors (Lipinski definition) is 2. The molecule has 0 radical (unpaired) electrons. The first-order chi connectivity index (χ1) is 8.74. The number of rotatable bonds is 3. The predicted molar refractivity (Wildman–Crippen MR) is 72.8 cm³/mol. The molecule has 2 rings (SSSR count). The summed E-state index contributed by atoms with van der Waals surface area (Å²) < 4.78 is 0. The maximum absolute atomic E-state index is 11.6. The van der Waals surface area contributed by atoms with Crippen LogP contribution in [0.2, 0.25) is 0 Å². The highest BCUT2D eigenvalue weighted by molar-refractivity contribution is 6.01. The zero-order valence-corrected chi connectivity index (χ0v) is 9.71. The third-order valence-corrected chi connectivity index (χ3v) is 2.29. The first kappa shape index (κ1) is 11.9. The van der Waals surface area contributed by atoms with Crippen molar-refractivity contribution in [3.63, 3.8) is 0 Å². The second kappa shape index (κ2) is 5.63. The Hall–Kier alpha value is -2.62. The minimum Gasteiger partial charge on any atom is -0.399 e. The van der Waals surface area contributed by atoms with Crippen LogP contribution in [-0.2, 0) is 4.79 Å². The molecule has 1 amide bonds. The Balaban J connectivity index is 1.97. The minimum absolute atomic E-state index is 0.191. The summed E-state index contributed by atoms with van der Waals surface area (Å²) in [4.78, 5) is 15.6. The SMILES string of the molecule is Nc1ccc(NC(=O)/C=C/c2cccnc2)cc1. The standard InChI is InChI=1S/C14H13N3O/c15-12-4-6-13(7-5-12)17-14(18)8-3-11-2-1-9-16-10-11/h1-10H,15H2,(H,17,18)/b8-3+. The van der Waals surface area contributed by atoms with Crippen molar-refractivity contribution in [1.82, 2.24) is 4.98 Å². The largest absolute Gasteiger partial charge is 0.399 e.